The number of ether oxygens (including phenoxy) is 2. The molecule has 4 heterocycles. The molecule has 0 atom stereocenters. The smallest absolute Gasteiger partial charge is 0.229 e. The molecule has 0 amide bonds. The largest absolute Gasteiger partial charge is 0.494 e. The highest BCUT2D eigenvalue weighted by Gasteiger charge is 2.23. The molecule has 1 saturated heterocycles. The Morgan fingerprint density at radius 3 is 2.53 bits per heavy atom. The van der Waals surface area contributed by atoms with Crippen molar-refractivity contribution >= 4 is 68.1 Å². The maximum atomic E-state index is 13.4. The standard InChI is InChI=1S/C30H32BrN8O3P/c1-38-18-19(15-34-38)21-13-24(27(41-2)14-26(21)39-9-11-42-12-10-39)36-30-33-16-22(31)29(37-30)35-25-17-32-23-8-6-5-7-20(23)28(25)43(3,4)40/h5-8,13-18H,9-12H2,1-4H3,(H2,33,35,36,37). The van der Waals surface area contributed by atoms with Crippen molar-refractivity contribution in [2.75, 3.05) is 62.3 Å². The number of aromatic nitrogens is 5. The van der Waals surface area contributed by atoms with Crippen molar-refractivity contribution in [1.29, 1.82) is 0 Å². The number of nitrogens with one attached hydrogen (secondary N) is 2. The Hall–Kier alpha value is -3.99. The van der Waals surface area contributed by atoms with E-state index in [2.05, 4.69) is 46.5 Å². The Balaban J connectivity index is 1.38. The van der Waals surface area contributed by atoms with E-state index in [0.29, 0.717) is 46.6 Å². The number of hydrogen-bond donors (Lipinski definition) is 2. The first-order chi connectivity index (χ1) is 20.7. The number of benzene rings is 2. The minimum atomic E-state index is -2.69. The quantitative estimate of drug-likeness (QED) is 0.198. The maximum Gasteiger partial charge on any atom is 0.229 e. The zero-order valence-electron chi connectivity index (χ0n) is 24.3. The minimum Gasteiger partial charge on any atom is -0.494 e. The third-order valence-electron chi connectivity index (χ3n) is 7.21. The fourth-order valence-corrected chi connectivity index (χ4v) is 7.01. The number of halogens is 1. The van der Waals surface area contributed by atoms with Crippen LogP contribution in [0.1, 0.15) is 0 Å². The molecule has 0 saturated carbocycles. The summed E-state index contributed by atoms with van der Waals surface area (Å²) in [4.78, 5) is 16.2. The van der Waals surface area contributed by atoms with E-state index in [1.807, 2.05) is 55.8 Å². The number of anilines is 5. The van der Waals surface area contributed by atoms with Gasteiger partial charge in [0, 0.05) is 66.1 Å². The van der Waals surface area contributed by atoms with Crippen LogP contribution in [0.15, 0.2) is 65.7 Å². The molecule has 0 unspecified atom stereocenters. The maximum absolute atomic E-state index is 13.4. The SMILES string of the molecule is COc1cc(N2CCOCC2)c(-c2cnn(C)c2)cc1Nc1ncc(Br)c(Nc2cnc3ccccc3c2P(C)(C)=O)n1. The molecule has 13 heteroatoms. The number of fused-ring (bicyclic) bond motifs is 1. The van der Waals surface area contributed by atoms with Gasteiger partial charge in [0.25, 0.3) is 0 Å². The van der Waals surface area contributed by atoms with E-state index in [0.717, 1.165) is 46.1 Å². The molecule has 0 spiro atoms. The zero-order chi connectivity index (χ0) is 30.1. The van der Waals surface area contributed by atoms with Gasteiger partial charge >= 0.3 is 0 Å². The molecule has 1 aliphatic rings. The lowest BCUT2D eigenvalue weighted by Crippen LogP contribution is -2.36. The average Bonchev–Trinajstić information content (AvgIpc) is 3.44. The molecule has 0 bridgehead atoms. The zero-order valence-corrected chi connectivity index (χ0v) is 26.8. The summed E-state index contributed by atoms with van der Waals surface area (Å²) in [6.07, 6.45) is 7.21. The van der Waals surface area contributed by atoms with Gasteiger partial charge in [-0.25, -0.2) is 4.98 Å². The predicted octanol–water partition coefficient (Wildman–Crippen LogP) is 5.77. The van der Waals surface area contributed by atoms with E-state index < -0.39 is 7.14 Å². The van der Waals surface area contributed by atoms with E-state index in [-0.39, 0.29) is 0 Å². The summed E-state index contributed by atoms with van der Waals surface area (Å²) in [6.45, 7) is 6.40. The molecule has 11 nitrogen and oxygen atoms in total. The molecule has 1 aliphatic heterocycles. The number of methoxy groups -OCH3 is 1. The van der Waals surface area contributed by atoms with Gasteiger partial charge < -0.3 is 29.6 Å². The highest BCUT2D eigenvalue weighted by Crippen LogP contribution is 2.42. The number of para-hydroxylation sites is 1. The number of aryl methyl sites for hydroxylation is 1. The average molecular weight is 664 g/mol. The molecule has 1 fully saturated rings. The van der Waals surface area contributed by atoms with Gasteiger partial charge in [-0.2, -0.15) is 10.1 Å². The first-order valence-electron chi connectivity index (χ1n) is 13.7. The van der Waals surface area contributed by atoms with Crippen molar-refractivity contribution in [1.82, 2.24) is 24.7 Å². The Bertz CT molecular complexity index is 1850. The van der Waals surface area contributed by atoms with Crippen LogP contribution in [0.5, 0.6) is 5.75 Å². The van der Waals surface area contributed by atoms with Crippen LogP contribution in [0.3, 0.4) is 0 Å². The van der Waals surface area contributed by atoms with Gasteiger partial charge in [-0.3, -0.25) is 9.67 Å². The van der Waals surface area contributed by atoms with Crippen molar-refractivity contribution < 1.29 is 14.0 Å². The van der Waals surface area contributed by atoms with E-state index >= 15 is 0 Å². The van der Waals surface area contributed by atoms with E-state index in [9.17, 15) is 4.57 Å². The van der Waals surface area contributed by atoms with Gasteiger partial charge in [-0.1, -0.05) is 18.2 Å². The third kappa shape index (κ3) is 6.08. The van der Waals surface area contributed by atoms with Crippen molar-refractivity contribution in [3.8, 4) is 16.9 Å². The fraction of sp³-hybridized carbons (Fsp3) is 0.267. The summed E-state index contributed by atoms with van der Waals surface area (Å²) >= 11 is 3.57. The van der Waals surface area contributed by atoms with Crippen LogP contribution in [0.4, 0.5) is 28.8 Å². The van der Waals surface area contributed by atoms with Gasteiger partial charge in [0.05, 0.1) is 54.1 Å². The number of hydrogen-bond acceptors (Lipinski definition) is 10. The summed E-state index contributed by atoms with van der Waals surface area (Å²) in [5.41, 5.74) is 5.14. The fourth-order valence-electron chi connectivity index (χ4n) is 5.25. The lowest BCUT2D eigenvalue weighted by Gasteiger charge is -2.31. The molecular formula is C30H32BrN8O3P. The van der Waals surface area contributed by atoms with Gasteiger partial charge in [-0.05, 0) is 41.4 Å². The minimum absolute atomic E-state index is 0.353. The Labute approximate surface area is 258 Å². The van der Waals surface area contributed by atoms with Gasteiger partial charge in [0.2, 0.25) is 5.95 Å². The summed E-state index contributed by atoms with van der Waals surface area (Å²) in [5.74, 6) is 1.50. The lowest BCUT2D eigenvalue weighted by molar-refractivity contribution is 0.122. The number of morpholine rings is 1. The topological polar surface area (TPSA) is 119 Å². The molecule has 0 radical (unpaired) electrons. The Morgan fingerprint density at radius 1 is 1.02 bits per heavy atom. The van der Waals surface area contributed by atoms with Gasteiger partial charge in [0.15, 0.2) is 0 Å². The van der Waals surface area contributed by atoms with E-state index in [4.69, 9.17) is 14.5 Å². The molecule has 43 heavy (non-hydrogen) atoms. The van der Waals surface area contributed by atoms with E-state index in [1.165, 1.54) is 0 Å². The molecule has 3 aromatic heterocycles. The summed E-state index contributed by atoms with van der Waals surface area (Å²) in [6, 6.07) is 11.8. The summed E-state index contributed by atoms with van der Waals surface area (Å²) in [5, 5.41) is 12.7. The Morgan fingerprint density at radius 2 is 1.81 bits per heavy atom. The van der Waals surface area contributed by atoms with Crippen LogP contribution in [0, 0.1) is 0 Å². The summed E-state index contributed by atoms with van der Waals surface area (Å²) < 4.78 is 27.3. The summed E-state index contributed by atoms with van der Waals surface area (Å²) in [7, 11) is 0.851. The normalized spacial score (nSPS) is 13.7. The van der Waals surface area contributed by atoms with Crippen LogP contribution in [-0.2, 0) is 16.3 Å². The third-order valence-corrected chi connectivity index (χ3v) is 9.35. The molecule has 6 rings (SSSR count). The molecule has 222 valence electrons. The second-order valence-corrected chi connectivity index (χ2v) is 14.6. The number of pyridine rings is 1. The highest BCUT2D eigenvalue weighted by molar-refractivity contribution is 9.10. The first kappa shape index (κ1) is 29.1. The van der Waals surface area contributed by atoms with Gasteiger partial charge in [-0.15, -0.1) is 0 Å². The van der Waals surface area contributed by atoms with Crippen molar-refractivity contribution in [2.45, 2.75) is 0 Å². The van der Waals surface area contributed by atoms with Crippen LogP contribution >= 0.6 is 23.1 Å². The van der Waals surface area contributed by atoms with Crippen LogP contribution in [0.2, 0.25) is 0 Å². The van der Waals surface area contributed by atoms with Crippen molar-refractivity contribution in [3.63, 3.8) is 0 Å². The second-order valence-electron chi connectivity index (χ2n) is 10.6. The molecule has 2 N–H and O–H groups in total. The predicted molar refractivity (Wildman–Crippen MR) is 175 cm³/mol. The second kappa shape index (κ2) is 11.9. The lowest BCUT2D eigenvalue weighted by atomic mass is 10.0. The first-order valence-corrected chi connectivity index (χ1v) is 17.1. The van der Waals surface area contributed by atoms with Crippen LogP contribution < -0.4 is 25.6 Å². The van der Waals surface area contributed by atoms with Crippen LogP contribution in [-0.4, -0.2) is 71.5 Å². The number of nitrogens with zero attached hydrogens (tertiary/aromatic N) is 6. The molecule has 5 aromatic rings. The molecular weight excluding hydrogens is 631 g/mol. The number of rotatable bonds is 8. The monoisotopic (exact) mass is 662 g/mol. The highest BCUT2D eigenvalue weighted by atomic mass is 79.9. The van der Waals surface area contributed by atoms with Crippen molar-refractivity contribution in [2.24, 2.45) is 7.05 Å². The van der Waals surface area contributed by atoms with Gasteiger partial charge in [0.1, 0.15) is 18.7 Å². The van der Waals surface area contributed by atoms with E-state index in [1.54, 1.807) is 37.5 Å². The molecule has 2 aromatic carbocycles. The van der Waals surface area contributed by atoms with Crippen LogP contribution in [0.25, 0.3) is 22.0 Å². The molecule has 0 aliphatic carbocycles. The Kier molecular flexibility index (Phi) is 8.09. The van der Waals surface area contributed by atoms with Crippen molar-refractivity contribution in [3.05, 3.63) is 65.7 Å².